The first kappa shape index (κ1) is 30.5. The van der Waals surface area contributed by atoms with Gasteiger partial charge in [-0.3, -0.25) is 4.90 Å². The summed E-state index contributed by atoms with van der Waals surface area (Å²) in [6.07, 6.45) is 8.68. The third-order valence-electron chi connectivity index (χ3n) is 10.6. The smallest absolute Gasteiger partial charge is 0.318 e. The standard InChI is InChI=1S/C26H35N5O.C8H14FN/c1-6-15(3)19-10-11-22(28)21(14-27)24(19)17-8-9-20-23(13-17)29-26(32-5)30-25(20)31-16(4)12-18(31)7-2;1-8-3-2-4-10(8)6-7(9)5-8/h10-11,15-18H,6-9,12-13,28H2,1-5H3;7H,2-6H2,1H3/t15-,16+,17?,18-;/m0./s1. The lowest BCUT2D eigenvalue weighted by Crippen LogP contribution is -2.55. The number of rotatable bonds is 6. The Bertz CT molecular complexity index is 1330. The highest BCUT2D eigenvalue weighted by Gasteiger charge is 2.45. The summed E-state index contributed by atoms with van der Waals surface area (Å²) in [5.41, 5.74) is 12.4. The number of halogens is 1. The van der Waals surface area contributed by atoms with Crippen LogP contribution in [0.2, 0.25) is 0 Å². The highest BCUT2D eigenvalue weighted by Crippen LogP contribution is 2.44. The Hall–Kier alpha value is -2.92. The summed E-state index contributed by atoms with van der Waals surface area (Å²) in [6.45, 7) is 12.9. The van der Waals surface area contributed by atoms with Gasteiger partial charge < -0.3 is 15.4 Å². The van der Waals surface area contributed by atoms with Crippen LogP contribution in [-0.4, -0.2) is 58.9 Å². The first-order valence-corrected chi connectivity index (χ1v) is 16.1. The number of nitrogen functional groups attached to an aromatic ring is 1. The van der Waals surface area contributed by atoms with Gasteiger partial charge >= 0.3 is 6.01 Å². The molecule has 42 heavy (non-hydrogen) atoms. The van der Waals surface area contributed by atoms with Crippen molar-refractivity contribution in [2.45, 2.75) is 128 Å². The molecular weight excluding hydrogens is 527 g/mol. The molecule has 3 saturated heterocycles. The van der Waals surface area contributed by atoms with Crippen LogP contribution in [0.5, 0.6) is 6.01 Å². The average Bonchev–Trinajstić information content (AvgIpc) is 3.47. The minimum absolute atomic E-state index is 0.216. The van der Waals surface area contributed by atoms with Crippen LogP contribution in [0.3, 0.4) is 0 Å². The van der Waals surface area contributed by atoms with E-state index in [1.54, 1.807) is 7.11 Å². The molecular formula is C34H49FN6O. The number of nitrogens with two attached hydrogens (primary N) is 1. The minimum Gasteiger partial charge on any atom is -0.467 e. The summed E-state index contributed by atoms with van der Waals surface area (Å²) in [6, 6.07) is 7.86. The number of hydrogen-bond donors (Lipinski definition) is 1. The number of nitriles is 1. The van der Waals surface area contributed by atoms with E-state index in [2.05, 4.69) is 56.6 Å². The lowest BCUT2D eigenvalue weighted by molar-refractivity contribution is 0.217. The zero-order chi connectivity index (χ0) is 30.2. The van der Waals surface area contributed by atoms with E-state index in [1.165, 1.54) is 30.4 Å². The second-order valence-electron chi connectivity index (χ2n) is 13.3. The van der Waals surface area contributed by atoms with Crippen LogP contribution in [0.1, 0.15) is 119 Å². The summed E-state index contributed by atoms with van der Waals surface area (Å²) in [5, 5.41) is 9.95. The molecule has 0 saturated carbocycles. The molecule has 7 nitrogen and oxygen atoms in total. The average molecular weight is 577 g/mol. The molecule has 1 aromatic heterocycles. The topological polar surface area (TPSA) is 91.3 Å². The van der Waals surface area contributed by atoms with Gasteiger partial charge in [0.15, 0.2) is 0 Å². The van der Waals surface area contributed by atoms with Crippen molar-refractivity contribution in [2.24, 2.45) is 0 Å². The van der Waals surface area contributed by atoms with Crippen LogP contribution >= 0.6 is 0 Å². The van der Waals surface area contributed by atoms with Crippen LogP contribution < -0.4 is 15.4 Å². The van der Waals surface area contributed by atoms with Gasteiger partial charge in [0, 0.05) is 35.4 Å². The summed E-state index contributed by atoms with van der Waals surface area (Å²) >= 11 is 0. The Morgan fingerprint density at radius 2 is 2.07 bits per heavy atom. The molecule has 4 heterocycles. The van der Waals surface area contributed by atoms with Crippen LogP contribution in [-0.2, 0) is 12.8 Å². The quantitative estimate of drug-likeness (QED) is 0.383. The Morgan fingerprint density at radius 1 is 1.29 bits per heavy atom. The van der Waals surface area contributed by atoms with Gasteiger partial charge in [0.1, 0.15) is 18.1 Å². The molecule has 6 rings (SSSR count). The third kappa shape index (κ3) is 5.57. The van der Waals surface area contributed by atoms with Crippen LogP contribution in [0.4, 0.5) is 15.9 Å². The van der Waals surface area contributed by atoms with E-state index in [0.717, 1.165) is 62.1 Å². The lowest BCUT2D eigenvalue weighted by Gasteiger charge is -2.49. The van der Waals surface area contributed by atoms with Gasteiger partial charge in [0.2, 0.25) is 0 Å². The van der Waals surface area contributed by atoms with Crippen molar-refractivity contribution in [3.05, 3.63) is 40.1 Å². The number of aromatic nitrogens is 2. The van der Waals surface area contributed by atoms with Gasteiger partial charge in [-0.15, -0.1) is 0 Å². The van der Waals surface area contributed by atoms with Gasteiger partial charge in [-0.1, -0.05) is 26.8 Å². The molecule has 1 aliphatic carbocycles. The number of methoxy groups -OCH3 is 1. The molecule has 3 fully saturated rings. The third-order valence-corrected chi connectivity index (χ3v) is 10.6. The molecule has 8 heteroatoms. The second-order valence-corrected chi connectivity index (χ2v) is 13.3. The SMILES string of the molecule is CC12CCCN1CC(F)C2.CC[C@H]1C[C@@H](C)N1c1nc(OC)nc2c1CCC(c1c([C@@H](C)CC)ccc(N)c1C#N)C2. The summed E-state index contributed by atoms with van der Waals surface area (Å²) < 4.78 is 18.4. The fourth-order valence-electron chi connectivity index (χ4n) is 7.98. The van der Waals surface area contributed by atoms with E-state index in [9.17, 15) is 9.65 Å². The van der Waals surface area contributed by atoms with Crippen molar-refractivity contribution in [2.75, 3.05) is 30.8 Å². The molecule has 3 unspecified atom stereocenters. The van der Waals surface area contributed by atoms with E-state index < -0.39 is 6.17 Å². The number of hydrogen-bond acceptors (Lipinski definition) is 7. The Kier molecular flexibility index (Phi) is 8.99. The molecule has 2 aromatic rings. The predicted molar refractivity (Wildman–Crippen MR) is 167 cm³/mol. The van der Waals surface area contributed by atoms with Crippen LogP contribution in [0, 0.1) is 11.3 Å². The molecule has 6 atom stereocenters. The predicted octanol–water partition coefficient (Wildman–Crippen LogP) is 6.68. The Morgan fingerprint density at radius 3 is 2.71 bits per heavy atom. The molecule has 0 bridgehead atoms. The fraction of sp³-hybridized carbons (Fsp3) is 0.676. The summed E-state index contributed by atoms with van der Waals surface area (Å²) in [7, 11) is 1.63. The van der Waals surface area contributed by atoms with E-state index in [1.807, 2.05) is 6.07 Å². The molecule has 0 radical (unpaired) electrons. The van der Waals surface area contributed by atoms with Gasteiger partial charge in [-0.2, -0.15) is 15.2 Å². The maximum atomic E-state index is 12.8. The van der Waals surface area contributed by atoms with Crippen molar-refractivity contribution in [1.82, 2.24) is 14.9 Å². The van der Waals surface area contributed by atoms with Crippen molar-refractivity contribution >= 4 is 11.5 Å². The molecule has 0 spiro atoms. The van der Waals surface area contributed by atoms with Crippen LogP contribution in [0.15, 0.2) is 12.1 Å². The van der Waals surface area contributed by atoms with Crippen molar-refractivity contribution in [3.8, 4) is 12.1 Å². The number of alkyl halides is 1. The maximum absolute atomic E-state index is 12.8. The van der Waals surface area contributed by atoms with E-state index in [-0.39, 0.29) is 11.5 Å². The van der Waals surface area contributed by atoms with Gasteiger partial charge in [0.25, 0.3) is 0 Å². The van der Waals surface area contributed by atoms with Gasteiger partial charge in [-0.05, 0) is 107 Å². The molecule has 2 N–H and O–H groups in total. The molecule has 228 valence electrons. The largest absolute Gasteiger partial charge is 0.467 e. The minimum atomic E-state index is -0.551. The maximum Gasteiger partial charge on any atom is 0.318 e. The van der Waals surface area contributed by atoms with E-state index in [0.29, 0.717) is 41.8 Å². The number of fused-ring (bicyclic) bond motifs is 2. The second kappa shape index (κ2) is 12.4. The first-order valence-electron chi connectivity index (χ1n) is 16.1. The first-order chi connectivity index (χ1) is 20.1. The zero-order valence-electron chi connectivity index (χ0n) is 26.4. The number of ether oxygens (including phenoxy) is 1. The zero-order valence-corrected chi connectivity index (χ0v) is 26.4. The summed E-state index contributed by atoms with van der Waals surface area (Å²) in [5.74, 6) is 1.64. The molecule has 1 aromatic carbocycles. The summed E-state index contributed by atoms with van der Waals surface area (Å²) in [4.78, 5) is 14.3. The van der Waals surface area contributed by atoms with Gasteiger partial charge in [-0.25, -0.2) is 4.39 Å². The highest BCUT2D eigenvalue weighted by molar-refractivity contribution is 5.63. The number of nitrogens with zero attached hydrogens (tertiary/aromatic N) is 5. The Labute approximate surface area is 251 Å². The normalized spacial score (nSPS) is 29.0. The van der Waals surface area contributed by atoms with E-state index >= 15 is 0 Å². The number of benzene rings is 1. The molecule has 0 amide bonds. The van der Waals surface area contributed by atoms with E-state index in [4.69, 9.17) is 20.4 Å². The van der Waals surface area contributed by atoms with Crippen LogP contribution in [0.25, 0.3) is 0 Å². The number of anilines is 2. The molecule has 3 aliphatic heterocycles. The highest BCUT2D eigenvalue weighted by atomic mass is 19.1. The fourth-order valence-corrected chi connectivity index (χ4v) is 7.98. The Balaban J connectivity index is 0.000000295. The monoisotopic (exact) mass is 576 g/mol. The van der Waals surface area contributed by atoms with Crippen molar-refractivity contribution < 1.29 is 9.13 Å². The van der Waals surface area contributed by atoms with Gasteiger partial charge in [0.05, 0.1) is 18.4 Å². The molecule has 4 aliphatic rings. The van der Waals surface area contributed by atoms with Crippen molar-refractivity contribution in [1.29, 1.82) is 5.26 Å². The van der Waals surface area contributed by atoms with Crippen molar-refractivity contribution in [3.63, 3.8) is 0 Å². The lowest BCUT2D eigenvalue weighted by atomic mass is 9.76.